The van der Waals surface area contributed by atoms with Crippen LogP contribution in [0.1, 0.15) is 43.7 Å². The third kappa shape index (κ3) is 6.31. The topological polar surface area (TPSA) is 118 Å². The van der Waals surface area contributed by atoms with Crippen LogP contribution >= 0.6 is 22.9 Å². The molecule has 0 bridgehead atoms. The highest BCUT2D eigenvalue weighted by Crippen LogP contribution is 2.37. The zero-order chi connectivity index (χ0) is 26.1. The summed E-state index contributed by atoms with van der Waals surface area (Å²) in [6.45, 7) is 8.21. The maximum atomic E-state index is 14.2. The molecule has 0 aliphatic rings. The van der Waals surface area contributed by atoms with E-state index in [9.17, 15) is 23.5 Å². The van der Waals surface area contributed by atoms with Gasteiger partial charge in [0, 0.05) is 22.9 Å². The lowest BCUT2D eigenvalue weighted by molar-refractivity contribution is 0.0508. The average Bonchev–Trinajstić information content (AvgIpc) is 3.01. The maximum Gasteiger partial charge on any atom is 0.413 e. The smallest absolute Gasteiger partial charge is 0.413 e. The van der Waals surface area contributed by atoms with Crippen molar-refractivity contribution >= 4 is 51.2 Å². The van der Waals surface area contributed by atoms with Crippen LogP contribution in [-0.4, -0.2) is 43.9 Å². The molecule has 0 aliphatic heterocycles. The molecule has 0 saturated carbocycles. The fourth-order valence-electron chi connectivity index (χ4n) is 3.29. The van der Waals surface area contributed by atoms with Gasteiger partial charge in [0.15, 0.2) is 5.82 Å². The Hall–Kier alpha value is -3.12. The molecule has 0 radical (unpaired) electrons. The molecule has 3 rings (SSSR count). The van der Waals surface area contributed by atoms with Crippen LogP contribution in [0.25, 0.3) is 10.2 Å². The van der Waals surface area contributed by atoms with E-state index in [0.29, 0.717) is 21.5 Å². The number of nitrogens with zero attached hydrogens (tertiary/aromatic N) is 4. The fourth-order valence-corrected chi connectivity index (χ4v) is 4.82. The van der Waals surface area contributed by atoms with Gasteiger partial charge in [-0.25, -0.2) is 23.4 Å². The molecule has 2 amide bonds. The molecule has 13 heteroatoms. The van der Waals surface area contributed by atoms with Gasteiger partial charge >= 0.3 is 12.2 Å². The van der Waals surface area contributed by atoms with E-state index in [4.69, 9.17) is 16.3 Å². The molecule has 3 aromatic heterocycles. The lowest BCUT2D eigenvalue weighted by Gasteiger charge is -2.21. The molecular weight excluding hydrogens is 504 g/mol. The lowest BCUT2D eigenvalue weighted by atomic mass is 10.1. The summed E-state index contributed by atoms with van der Waals surface area (Å²) >= 11 is 7.30. The predicted molar refractivity (Wildman–Crippen MR) is 128 cm³/mol. The highest BCUT2D eigenvalue weighted by molar-refractivity contribution is 7.19. The van der Waals surface area contributed by atoms with Gasteiger partial charge in [-0.3, -0.25) is 9.88 Å². The number of alkyl carbamates (subject to hydrolysis) is 1. The first-order valence-corrected chi connectivity index (χ1v) is 11.7. The number of aromatic nitrogens is 3. The number of aryl methyl sites for hydroxylation is 1. The standard InChI is InChI=1S/C22H24ClF2N5O4S/c1-10(27-20(31)34-22(3,4)5)6-15-11(2)16-17(35-15)18(29-19(23)28-16)30(21(32)33)9-12-13(24)7-26-8-14(12)25/h7-8,10H,6,9H2,1-5H3,(H,27,31)(H,32,33). The molecule has 0 fully saturated rings. The summed E-state index contributed by atoms with van der Waals surface area (Å²) in [5.41, 5.74) is 0.00691. The number of fused-ring (bicyclic) bond motifs is 1. The van der Waals surface area contributed by atoms with Crippen LogP contribution in [0.4, 0.5) is 24.2 Å². The first-order valence-electron chi connectivity index (χ1n) is 10.5. The molecule has 0 saturated heterocycles. The largest absolute Gasteiger partial charge is 0.465 e. The van der Waals surface area contributed by atoms with E-state index in [1.165, 1.54) is 11.3 Å². The van der Waals surface area contributed by atoms with Gasteiger partial charge in [-0.05, 0) is 51.8 Å². The number of thiophene rings is 1. The number of carbonyl (C=O) groups excluding carboxylic acids is 1. The SMILES string of the molecule is Cc1c(CC(C)NC(=O)OC(C)(C)C)sc2c(N(Cc3c(F)cncc3F)C(=O)O)nc(Cl)nc12. The normalized spacial score (nSPS) is 12.5. The van der Waals surface area contributed by atoms with Crippen molar-refractivity contribution in [1.82, 2.24) is 20.3 Å². The van der Waals surface area contributed by atoms with E-state index in [1.54, 1.807) is 34.6 Å². The Bertz CT molecular complexity index is 1260. The van der Waals surface area contributed by atoms with Crippen LogP contribution in [-0.2, 0) is 17.7 Å². The molecule has 0 aromatic carbocycles. The number of amides is 2. The predicted octanol–water partition coefficient (Wildman–Crippen LogP) is 5.47. The molecule has 35 heavy (non-hydrogen) atoms. The van der Waals surface area contributed by atoms with Crippen LogP contribution in [0, 0.1) is 18.6 Å². The van der Waals surface area contributed by atoms with E-state index in [2.05, 4.69) is 20.3 Å². The third-order valence-electron chi connectivity index (χ3n) is 4.83. The van der Waals surface area contributed by atoms with Gasteiger partial charge in [-0.15, -0.1) is 11.3 Å². The van der Waals surface area contributed by atoms with Crippen molar-refractivity contribution in [2.24, 2.45) is 0 Å². The van der Waals surface area contributed by atoms with Crippen molar-refractivity contribution in [2.45, 2.75) is 59.2 Å². The second kappa shape index (κ2) is 10.2. The molecule has 188 valence electrons. The first kappa shape index (κ1) is 26.5. The van der Waals surface area contributed by atoms with E-state index in [0.717, 1.165) is 22.8 Å². The number of pyridine rings is 1. The van der Waals surface area contributed by atoms with Crippen LogP contribution in [0.3, 0.4) is 0 Å². The Morgan fingerprint density at radius 1 is 1.26 bits per heavy atom. The minimum Gasteiger partial charge on any atom is -0.465 e. The van der Waals surface area contributed by atoms with Gasteiger partial charge in [0.2, 0.25) is 5.28 Å². The molecule has 3 heterocycles. The van der Waals surface area contributed by atoms with Gasteiger partial charge < -0.3 is 15.2 Å². The van der Waals surface area contributed by atoms with Crippen molar-refractivity contribution in [3.8, 4) is 0 Å². The van der Waals surface area contributed by atoms with E-state index >= 15 is 0 Å². The maximum absolute atomic E-state index is 14.2. The monoisotopic (exact) mass is 527 g/mol. The Balaban J connectivity index is 1.97. The summed E-state index contributed by atoms with van der Waals surface area (Å²) in [6, 6.07) is -0.320. The van der Waals surface area contributed by atoms with E-state index < -0.39 is 41.5 Å². The Labute approximate surface area is 209 Å². The number of carboxylic acid groups (broad SMARTS) is 1. The zero-order valence-corrected chi connectivity index (χ0v) is 21.2. The summed E-state index contributed by atoms with van der Waals surface area (Å²) in [5.74, 6) is -2.08. The van der Waals surface area contributed by atoms with Gasteiger partial charge in [-0.1, -0.05) is 0 Å². The fraction of sp³-hybridized carbons (Fsp3) is 0.409. The van der Waals surface area contributed by atoms with Gasteiger partial charge in [0.25, 0.3) is 0 Å². The summed E-state index contributed by atoms with van der Waals surface area (Å²) in [7, 11) is 0. The minimum absolute atomic E-state index is 0.102. The Morgan fingerprint density at radius 3 is 2.46 bits per heavy atom. The van der Waals surface area contributed by atoms with Crippen LogP contribution in [0.15, 0.2) is 12.4 Å². The van der Waals surface area contributed by atoms with Gasteiger partial charge in [-0.2, -0.15) is 4.98 Å². The quantitative estimate of drug-likeness (QED) is 0.408. The van der Waals surface area contributed by atoms with Crippen molar-refractivity contribution in [3.63, 3.8) is 0 Å². The first-order chi connectivity index (χ1) is 16.3. The van der Waals surface area contributed by atoms with E-state index in [-0.39, 0.29) is 17.1 Å². The number of halogens is 3. The van der Waals surface area contributed by atoms with Crippen LogP contribution in [0.5, 0.6) is 0 Å². The molecule has 9 nitrogen and oxygen atoms in total. The molecular formula is C22H24ClF2N5O4S. The summed E-state index contributed by atoms with van der Waals surface area (Å²) in [5, 5.41) is 12.4. The zero-order valence-electron chi connectivity index (χ0n) is 19.6. The minimum atomic E-state index is -1.48. The van der Waals surface area contributed by atoms with Crippen LogP contribution < -0.4 is 10.2 Å². The molecule has 1 atom stereocenters. The number of anilines is 1. The third-order valence-corrected chi connectivity index (χ3v) is 6.30. The number of ether oxygens (including phenoxy) is 1. The van der Waals surface area contributed by atoms with Gasteiger partial charge in [0.05, 0.1) is 29.2 Å². The molecule has 1 unspecified atom stereocenters. The number of hydrogen-bond acceptors (Lipinski definition) is 7. The summed E-state index contributed by atoms with van der Waals surface area (Å²) in [6.07, 6.45) is -0.0555. The second-order valence-corrected chi connectivity index (χ2v) is 10.3. The van der Waals surface area contributed by atoms with Crippen LogP contribution in [0.2, 0.25) is 5.28 Å². The highest BCUT2D eigenvalue weighted by atomic mass is 35.5. The van der Waals surface area contributed by atoms with Crippen molar-refractivity contribution in [1.29, 1.82) is 0 Å². The molecule has 0 aliphatic carbocycles. The number of rotatable bonds is 6. The van der Waals surface area contributed by atoms with Crippen molar-refractivity contribution in [3.05, 3.63) is 45.3 Å². The highest BCUT2D eigenvalue weighted by Gasteiger charge is 2.27. The Morgan fingerprint density at radius 2 is 1.89 bits per heavy atom. The average molecular weight is 528 g/mol. The molecule has 3 aromatic rings. The van der Waals surface area contributed by atoms with Crippen molar-refractivity contribution in [2.75, 3.05) is 4.90 Å². The molecule has 2 N–H and O–H groups in total. The van der Waals surface area contributed by atoms with E-state index in [1.807, 2.05) is 0 Å². The molecule has 0 spiro atoms. The number of carbonyl (C=O) groups is 2. The summed E-state index contributed by atoms with van der Waals surface area (Å²) in [4.78, 5) is 37.4. The number of hydrogen-bond donors (Lipinski definition) is 2. The number of nitrogens with one attached hydrogen (secondary N) is 1. The Kier molecular flexibility index (Phi) is 7.75. The lowest BCUT2D eigenvalue weighted by Crippen LogP contribution is -2.38. The second-order valence-electron chi connectivity index (χ2n) is 8.85. The summed E-state index contributed by atoms with van der Waals surface area (Å²) < 4.78 is 34.0. The van der Waals surface area contributed by atoms with Gasteiger partial charge in [0.1, 0.15) is 17.2 Å². The van der Waals surface area contributed by atoms with Crippen molar-refractivity contribution < 1.29 is 28.2 Å².